The zero-order chi connectivity index (χ0) is 8.67. The standard InChI is InChI=1S/C10H9N3/c1-2-8-10(11-5-1)9(7-3-4-7)13-6-12-8/h1-2,5-7H,3-4H2. The zero-order valence-electron chi connectivity index (χ0n) is 7.14. The Kier molecular flexibility index (Phi) is 1.33. The number of pyridine rings is 1. The van der Waals surface area contributed by atoms with Crippen molar-refractivity contribution in [3.63, 3.8) is 0 Å². The van der Waals surface area contributed by atoms with Crippen LogP contribution in [0.1, 0.15) is 24.5 Å². The van der Waals surface area contributed by atoms with Crippen LogP contribution in [0, 0.1) is 0 Å². The zero-order valence-corrected chi connectivity index (χ0v) is 7.14. The van der Waals surface area contributed by atoms with E-state index in [4.69, 9.17) is 0 Å². The van der Waals surface area contributed by atoms with Gasteiger partial charge in [0, 0.05) is 12.1 Å². The van der Waals surface area contributed by atoms with E-state index in [-0.39, 0.29) is 0 Å². The lowest BCUT2D eigenvalue weighted by molar-refractivity contribution is 1.01. The number of hydrogen-bond acceptors (Lipinski definition) is 3. The van der Waals surface area contributed by atoms with Gasteiger partial charge in [0.2, 0.25) is 0 Å². The first-order valence-electron chi connectivity index (χ1n) is 4.51. The predicted octanol–water partition coefficient (Wildman–Crippen LogP) is 1.90. The van der Waals surface area contributed by atoms with Gasteiger partial charge in [0.05, 0.1) is 11.2 Å². The number of fused-ring (bicyclic) bond motifs is 1. The van der Waals surface area contributed by atoms with Gasteiger partial charge in [0.1, 0.15) is 11.8 Å². The molecule has 3 nitrogen and oxygen atoms in total. The molecule has 2 heterocycles. The van der Waals surface area contributed by atoms with E-state index in [1.165, 1.54) is 12.8 Å². The maximum absolute atomic E-state index is 4.32. The molecule has 3 rings (SSSR count). The van der Waals surface area contributed by atoms with Crippen molar-refractivity contribution < 1.29 is 0 Å². The molecule has 2 aromatic rings. The lowest BCUT2D eigenvalue weighted by Gasteiger charge is -2.00. The van der Waals surface area contributed by atoms with Crippen LogP contribution in [0.2, 0.25) is 0 Å². The van der Waals surface area contributed by atoms with E-state index < -0.39 is 0 Å². The minimum absolute atomic E-state index is 0.639. The fraction of sp³-hybridized carbons (Fsp3) is 0.300. The van der Waals surface area contributed by atoms with Crippen molar-refractivity contribution in [2.75, 3.05) is 0 Å². The normalized spacial score (nSPS) is 16.3. The van der Waals surface area contributed by atoms with Crippen molar-refractivity contribution in [2.45, 2.75) is 18.8 Å². The van der Waals surface area contributed by atoms with E-state index in [9.17, 15) is 0 Å². The van der Waals surface area contributed by atoms with Gasteiger partial charge >= 0.3 is 0 Å². The Morgan fingerprint density at radius 3 is 2.92 bits per heavy atom. The van der Waals surface area contributed by atoms with Gasteiger partial charge in [0.25, 0.3) is 0 Å². The van der Waals surface area contributed by atoms with Crippen LogP contribution in [-0.2, 0) is 0 Å². The maximum atomic E-state index is 4.32. The summed E-state index contributed by atoms with van der Waals surface area (Å²) in [5.74, 6) is 0.639. The molecule has 0 atom stereocenters. The summed E-state index contributed by atoms with van der Waals surface area (Å²) < 4.78 is 0. The van der Waals surface area contributed by atoms with Gasteiger partial charge in [-0.05, 0) is 25.0 Å². The lowest BCUT2D eigenvalue weighted by Crippen LogP contribution is -1.92. The Morgan fingerprint density at radius 2 is 2.08 bits per heavy atom. The van der Waals surface area contributed by atoms with Gasteiger partial charge in [0.15, 0.2) is 0 Å². The third-order valence-electron chi connectivity index (χ3n) is 2.39. The van der Waals surface area contributed by atoms with Gasteiger partial charge in [-0.1, -0.05) is 0 Å². The highest BCUT2D eigenvalue weighted by atomic mass is 14.9. The second-order valence-electron chi connectivity index (χ2n) is 3.40. The smallest absolute Gasteiger partial charge is 0.116 e. The molecule has 1 saturated carbocycles. The van der Waals surface area contributed by atoms with Crippen molar-refractivity contribution in [2.24, 2.45) is 0 Å². The van der Waals surface area contributed by atoms with Crippen molar-refractivity contribution in [1.82, 2.24) is 15.0 Å². The number of aromatic nitrogens is 3. The largest absolute Gasteiger partial charge is 0.253 e. The molecule has 0 spiro atoms. The molecule has 0 saturated heterocycles. The predicted molar refractivity (Wildman–Crippen MR) is 49.3 cm³/mol. The molecule has 1 fully saturated rings. The Bertz CT molecular complexity index is 443. The minimum Gasteiger partial charge on any atom is -0.253 e. The molecule has 0 amide bonds. The fourth-order valence-corrected chi connectivity index (χ4v) is 1.57. The summed E-state index contributed by atoms with van der Waals surface area (Å²) in [4.78, 5) is 12.8. The van der Waals surface area contributed by atoms with Gasteiger partial charge in [-0.3, -0.25) is 4.98 Å². The quantitative estimate of drug-likeness (QED) is 0.657. The molecule has 0 bridgehead atoms. The second kappa shape index (κ2) is 2.49. The second-order valence-corrected chi connectivity index (χ2v) is 3.40. The van der Waals surface area contributed by atoms with Crippen LogP contribution < -0.4 is 0 Å². The highest BCUT2D eigenvalue weighted by molar-refractivity contribution is 5.76. The molecule has 1 aliphatic rings. The monoisotopic (exact) mass is 171 g/mol. The number of nitrogens with zero attached hydrogens (tertiary/aromatic N) is 3. The molecule has 0 unspecified atom stereocenters. The third-order valence-corrected chi connectivity index (χ3v) is 2.39. The van der Waals surface area contributed by atoms with E-state index in [2.05, 4.69) is 15.0 Å². The Hall–Kier alpha value is -1.51. The fourth-order valence-electron chi connectivity index (χ4n) is 1.57. The minimum atomic E-state index is 0.639. The molecule has 3 heteroatoms. The molecule has 64 valence electrons. The first-order chi connectivity index (χ1) is 6.45. The van der Waals surface area contributed by atoms with Crippen LogP contribution >= 0.6 is 0 Å². The maximum Gasteiger partial charge on any atom is 0.116 e. The average molecular weight is 171 g/mol. The van der Waals surface area contributed by atoms with Crippen molar-refractivity contribution in [1.29, 1.82) is 0 Å². The summed E-state index contributed by atoms with van der Waals surface area (Å²) >= 11 is 0. The molecule has 1 aliphatic carbocycles. The van der Waals surface area contributed by atoms with Crippen LogP contribution in [0.4, 0.5) is 0 Å². The highest BCUT2D eigenvalue weighted by Gasteiger charge is 2.27. The molecule has 0 N–H and O–H groups in total. The molecule has 13 heavy (non-hydrogen) atoms. The highest BCUT2D eigenvalue weighted by Crippen LogP contribution is 2.40. The molecule has 2 aromatic heterocycles. The van der Waals surface area contributed by atoms with E-state index in [0.717, 1.165) is 16.7 Å². The summed E-state index contributed by atoms with van der Waals surface area (Å²) in [6.07, 6.45) is 5.95. The van der Waals surface area contributed by atoms with Crippen LogP contribution in [0.15, 0.2) is 24.7 Å². The van der Waals surface area contributed by atoms with Gasteiger partial charge in [-0.25, -0.2) is 9.97 Å². The molecule has 0 aliphatic heterocycles. The molecule has 0 radical (unpaired) electrons. The van der Waals surface area contributed by atoms with E-state index in [0.29, 0.717) is 5.92 Å². The summed E-state index contributed by atoms with van der Waals surface area (Å²) in [6.45, 7) is 0. The Morgan fingerprint density at radius 1 is 1.15 bits per heavy atom. The lowest BCUT2D eigenvalue weighted by atomic mass is 10.2. The van der Waals surface area contributed by atoms with Crippen molar-refractivity contribution in [3.8, 4) is 0 Å². The molecular formula is C10H9N3. The first kappa shape index (κ1) is 6.95. The van der Waals surface area contributed by atoms with Crippen LogP contribution in [0.25, 0.3) is 11.0 Å². The molecule has 0 aromatic carbocycles. The average Bonchev–Trinajstić information content (AvgIpc) is 3.00. The SMILES string of the molecule is c1cnc2c(C3CC3)ncnc2c1. The first-order valence-corrected chi connectivity index (χ1v) is 4.51. The summed E-state index contributed by atoms with van der Waals surface area (Å²) in [5, 5.41) is 0. The van der Waals surface area contributed by atoms with Crippen molar-refractivity contribution in [3.05, 3.63) is 30.4 Å². The Balaban J connectivity index is 2.32. The topological polar surface area (TPSA) is 38.7 Å². The van der Waals surface area contributed by atoms with Crippen molar-refractivity contribution >= 4 is 11.0 Å². The van der Waals surface area contributed by atoms with Crippen LogP contribution in [0.5, 0.6) is 0 Å². The van der Waals surface area contributed by atoms with Gasteiger partial charge in [-0.15, -0.1) is 0 Å². The van der Waals surface area contributed by atoms with Gasteiger partial charge in [-0.2, -0.15) is 0 Å². The number of rotatable bonds is 1. The summed E-state index contributed by atoms with van der Waals surface area (Å²) in [5.41, 5.74) is 3.07. The number of hydrogen-bond donors (Lipinski definition) is 0. The van der Waals surface area contributed by atoms with Crippen LogP contribution in [-0.4, -0.2) is 15.0 Å². The summed E-state index contributed by atoms with van der Waals surface area (Å²) in [7, 11) is 0. The molecular weight excluding hydrogens is 162 g/mol. The van der Waals surface area contributed by atoms with E-state index in [1.54, 1.807) is 12.5 Å². The van der Waals surface area contributed by atoms with E-state index in [1.807, 2.05) is 12.1 Å². The van der Waals surface area contributed by atoms with Crippen LogP contribution in [0.3, 0.4) is 0 Å². The summed E-state index contributed by atoms with van der Waals surface area (Å²) in [6, 6.07) is 3.89. The van der Waals surface area contributed by atoms with Gasteiger partial charge < -0.3 is 0 Å². The van der Waals surface area contributed by atoms with E-state index >= 15 is 0 Å². The third kappa shape index (κ3) is 1.08. The Labute approximate surface area is 75.9 Å².